The number of rotatable bonds is 4. The average Bonchev–Trinajstić information content (AvgIpc) is 1.87. The SMILES string of the molecule is CCCC(O)[C@H](N)CO. The molecule has 0 aromatic heterocycles. The van der Waals surface area contributed by atoms with Crippen LogP contribution in [-0.2, 0) is 0 Å². The van der Waals surface area contributed by atoms with Crippen molar-refractivity contribution < 1.29 is 10.2 Å². The van der Waals surface area contributed by atoms with Gasteiger partial charge in [-0.2, -0.15) is 0 Å². The fourth-order valence-corrected chi connectivity index (χ4v) is 0.632. The molecular formula is C6H15NO2. The Balaban J connectivity index is 3.32. The van der Waals surface area contributed by atoms with Gasteiger partial charge in [0, 0.05) is 0 Å². The number of nitrogens with two attached hydrogens (primary N) is 1. The van der Waals surface area contributed by atoms with E-state index in [0.29, 0.717) is 6.42 Å². The van der Waals surface area contributed by atoms with Gasteiger partial charge in [0.1, 0.15) is 0 Å². The van der Waals surface area contributed by atoms with Crippen molar-refractivity contribution >= 4 is 0 Å². The van der Waals surface area contributed by atoms with Gasteiger partial charge < -0.3 is 15.9 Å². The van der Waals surface area contributed by atoms with E-state index in [1.165, 1.54) is 0 Å². The summed E-state index contributed by atoms with van der Waals surface area (Å²) in [5, 5.41) is 17.5. The van der Waals surface area contributed by atoms with Gasteiger partial charge in [0.25, 0.3) is 0 Å². The zero-order valence-corrected chi connectivity index (χ0v) is 5.75. The van der Waals surface area contributed by atoms with Crippen molar-refractivity contribution in [3.8, 4) is 0 Å². The van der Waals surface area contributed by atoms with E-state index < -0.39 is 12.1 Å². The Morgan fingerprint density at radius 2 is 2.11 bits per heavy atom. The zero-order valence-electron chi connectivity index (χ0n) is 5.75. The van der Waals surface area contributed by atoms with Gasteiger partial charge in [-0.1, -0.05) is 13.3 Å². The first-order valence-corrected chi connectivity index (χ1v) is 3.26. The third kappa shape index (κ3) is 3.46. The van der Waals surface area contributed by atoms with Gasteiger partial charge in [0.05, 0.1) is 18.8 Å². The van der Waals surface area contributed by atoms with E-state index in [1.807, 2.05) is 6.92 Å². The standard InChI is InChI=1S/C6H15NO2/c1-2-3-6(9)5(7)4-8/h5-6,8-9H,2-4,7H2,1H3/t5-,6?/m1/s1. The van der Waals surface area contributed by atoms with Crippen LogP contribution in [0.1, 0.15) is 19.8 Å². The molecule has 3 heteroatoms. The molecule has 0 bridgehead atoms. The van der Waals surface area contributed by atoms with E-state index in [-0.39, 0.29) is 6.61 Å². The van der Waals surface area contributed by atoms with Crippen LogP contribution in [0.15, 0.2) is 0 Å². The molecule has 9 heavy (non-hydrogen) atoms. The van der Waals surface area contributed by atoms with Crippen LogP contribution in [0.4, 0.5) is 0 Å². The number of aliphatic hydroxyl groups is 2. The van der Waals surface area contributed by atoms with Crippen LogP contribution in [-0.4, -0.2) is 29.0 Å². The summed E-state index contributed by atoms with van der Waals surface area (Å²) in [5.41, 5.74) is 5.30. The normalized spacial score (nSPS) is 17.3. The summed E-state index contributed by atoms with van der Waals surface area (Å²) < 4.78 is 0. The molecule has 0 fully saturated rings. The maximum absolute atomic E-state index is 9.03. The molecule has 0 amide bonds. The quantitative estimate of drug-likeness (QED) is 0.483. The Hall–Kier alpha value is -0.120. The van der Waals surface area contributed by atoms with Gasteiger partial charge in [-0.15, -0.1) is 0 Å². The highest BCUT2D eigenvalue weighted by atomic mass is 16.3. The van der Waals surface area contributed by atoms with Crippen molar-refractivity contribution in [3.63, 3.8) is 0 Å². The lowest BCUT2D eigenvalue weighted by molar-refractivity contribution is 0.101. The largest absolute Gasteiger partial charge is 0.395 e. The number of hydrogen-bond donors (Lipinski definition) is 3. The molecule has 0 rings (SSSR count). The molecule has 0 heterocycles. The molecule has 0 aliphatic heterocycles. The molecule has 0 aromatic carbocycles. The minimum Gasteiger partial charge on any atom is -0.395 e. The highest BCUT2D eigenvalue weighted by Crippen LogP contribution is 1.98. The first-order valence-electron chi connectivity index (χ1n) is 3.26. The van der Waals surface area contributed by atoms with Gasteiger partial charge >= 0.3 is 0 Å². The lowest BCUT2D eigenvalue weighted by atomic mass is 10.1. The Kier molecular flexibility index (Phi) is 4.67. The van der Waals surface area contributed by atoms with E-state index in [1.54, 1.807) is 0 Å². The molecule has 0 aliphatic carbocycles. The van der Waals surface area contributed by atoms with Crippen LogP contribution < -0.4 is 5.73 Å². The zero-order chi connectivity index (χ0) is 7.28. The van der Waals surface area contributed by atoms with E-state index in [4.69, 9.17) is 15.9 Å². The topological polar surface area (TPSA) is 66.5 Å². The van der Waals surface area contributed by atoms with Crippen molar-refractivity contribution in [1.82, 2.24) is 0 Å². The number of aliphatic hydroxyl groups excluding tert-OH is 2. The molecule has 0 spiro atoms. The van der Waals surface area contributed by atoms with Crippen LogP contribution in [0.25, 0.3) is 0 Å². The van der Waals surface area contributed by atoms with Gasteiger partial charge in [-0.25, -0.2) is 0 Å². The molecule has 0 saturated carbocycles. The van der Waals surface area contributed by atoms with Crippen molar-refractivity contribution in [2.75, 3.05) is 6.61 Å². The maximum atomic E-state index is 9.03. The fraction of sp³-hybridized carbons (Fsp3) is 1.00. The van der Waals surface area contributed by atoms with E-state index >= 15 is 0 Å². The molecule has 0 saturated heterocycles. The Labute approximate surface area is 55.5 Å². The van der Waals surface area contributed by atoms with Crippen molar-refractivity contribution in [2.24, 2.45) is 5.73 Å². The summed E-state index contributed by atoms with van der Waals surface area (Å²) in [5.74, 6) is 0. The van der Waals surface area contributed by atoms with Crippen LogP contribution in [0.2, 0.25) is 0 Å². The third-order valence-electron chi connectivity index (χ3n) is 1.29. The molecule has 0 aliphatic rings. The highest BCUT2D eigenvalue weighted by molar-refractivity contribution is 4.69. The van der Waals surface area contributed by atoms with Crippen LogP contribution in [0.3, 0.4) is 0 Å². The Morgan fingerprint density at radius 1 is 1.56 bits per heavy atom. The summed E-state index contributed by atoms with van der Waals surface area (Å²) >= 11 is 0. The summed E-state index contributed by atoms with van der Waals surface area (Å²) in [7, 11) is 0. The van der Waals surface area contributed by atoms with E-state index in [9.17, 15) is 0 Å². The molecule has 4 N–H and O–H groups in total. The molecule has 3 nitrogen and oxygen atoms in total. The third-order valence-corrected chi connectivity index (χ3v) is 1.29. The van der Waals surface area contributed by atoms with Gasteiger partial charge in [0.2, 0.25) is 0 Å². The average molecular weight is 133 g/mol. The summed E-state index contributed by atoms with van der Waals surface area (Å²) in [6.45, 7) is 1.83. The first kappa shape index (κ1) is 8.88. The summed E-state index contributed by atoms with van der Waals surface area (Å²) in [6, 6.07) is -0.468. The van der Waals surface area contributed by atoms with Crippen molar-refractivity contribution in [2.45, 2.75) is 31.9 Å². The second kappa shape index (κ2) is 4.73. The van der Waals surface area contributed by atoms with Crippen molar-refractivity contribution in [3.05, 3.63) is 0 Å². The second-order valence-corrected chi connectivity index (χ2v) is 2.20. The van der Waals surface area contributed by atoms with Gasteiger partial charge in [-0.05, 0) is 6.42 Å². The Morgan fingerprint density at radius 3 is 2.44 bits per heavy atom. The minimum absolute atomic E-state index is 0.138. The fourth-order valence-electron chi connectivity index (χ4n) is 0.632. The molecule has 0 radical (unpaired) electrons. The molecule has 1 unspecified atom stereocenters. The van der Waals surface area contributed by atoms with Crippen LogP contribution in [0, 0.1) is 0 Å². The van der Waals surface area contributed by atoms with Crippen LogP contribution in [0.5, 0.6) is 0 Å². The lowest BCUT2D eigenvalue weighted by Gasteiger charge is -2.14. The van der Waals surface area contributed by atoms with E-state index in [0.717, 1.165) is 6.42 Å². The predicted molar refractivity (Wildman–Crippen MR) is 36.0 cm³/mol. The molecular weight excluding hydrogens is 118 g/mol. The van der Waals surface area contributed by atoms with Crippen molar-refractivity contribution in [1.29, 1.82) is 0 Å². The number of hydrogen-bond acceptors (Lipinski definition) is 3. The Bertz CT molecular complexity index is 68.1. The van der Waals surface area contributed by atoms with Crippen LogP contribution >= 0.6 is 0 Å². The minimum atomic E-state index is -0.542. The smallest absolute Gasteiger partial charge is 0.0713 e. The van der Waals surface area contributed by atoms with E-state index in [2.05, 4.69) is 0 Å². The highest BCUT2D eigenvalue weighted by Gasteiger charge is 2.10. The van der Waals surface area contributed by atoms with Gasteiger partial charge in [0.15, 0.2) is 0 Å². The molecule has 56 valence electrons. The maximum Gasteiger partial charge on any atom is 0.0713 e. The summed E-state index contributed by atoms with van der Waals surface area (Å²) in [4.78, 5) is 0. The molecule has 2 atom stereocenters. The second-order valence-electron chi connectivity index (χ2n) is 2.20. The van der Waals surface area contributed by atoms with Gasteiger partial charge in [-0.3, -0.25) is 0 Å². The summed E-state index contributed by atoms with van der Waals surface area (Å²) in [6.07, 6.45) is 1.02. The molecule has 0 aromatic rings. The lowest BCUT2D eigenvalue weighted by Crippen LogP contribution is -2.37. The monoisotopic (exact) mass is 133 g/mol. The predicted octanol–water partition coefficient (Wildman–Crippen LogP) is -0.533. The first-order chi connectivity index (χ1) is 4.22.